The monoisotopic (exact) mass is 237 g/mol. The zero-order chi connectivity index (χ0) is 13.1. The predicted octanol–water partition coefficient (Wildman–Crippen LogP) is 3.85. The molecular weight excluding hydrogens is 222 g/mol. The van der Waals surface area contributed by atoms with E-state index in [1.54, 1.807) is 13.2 Å². The third-order valence-corrected chi connectivity index (χ3v) is 3.19. The number of hydrogen-bond acceptors (Lipinski definition) is 2. The summed E-state index contributed by atoms with van der Waals surface area (Å²) in [5.41, 5.74) is 5.26. The summed E-state index contributed by atoms with van der Waals surface area (Å²) in [5, 5.41) is 9.05. The Balaban J connectivity index is 2.64. The molecule has 0 amide bonds. The average Bonchev–Trinajstić information content (AvgIpc) is 2.41. The molecule has 0 radical (unpaired) electrons. The van der Waals surface area contributed by atoms with Gasteiger partial charge in [0, 0.05) is 0 Å². The Bertz CT molecular complexity index is 623. The molecule has 0 aliphatic heterocycles. The van der Waals surface area contributed by atoms with Gasteiger partial charge in [-0.05, 0) is 54.3 Å². The fourth-order valence-electron chi connectivity index (χ4n) is 2.00. The second-order valence-corrected chi connectivity index (χ2v) is 4.31. The highest BCUT2D eigenvalue weighted by Crippen LogP contribution is 2.29. The van der Waals surface area contributed by atoms with Crippen LogP contribution in [0.5, 0.6) is 5.75 Å². The summed E-state index contributed by atoms with van der Waals surface area (Å²) < 4.78 is 5.24. The van der Waals surface area contributed by atoms with Crippen molar-refractivity contribution in [3.05, 3.63) is 53.1 Å². The van der Waals surface area contributed by atoms with Gasteiger partial charge >= 0.3 is 0 Å². The van der Waals surface area contributed by atoms with Crippen LogP contribution in [-0.2, 0) is 0 Å². The fraction of sp³-hybridized carbons (Fsp3) is 0.188. The number of benzene rings is 2. The molecule has 90 valence electrons. The largest absolute Gasteiger partial charge is 0.497 e. The van der Waals surface area contributed by atoms with E-state index in [-0.39, 0.29) is 0 Å². The molecule has 0 bridgehead atoms. The van der Waals surface area contributed by atoms with Crippen molar-refractivity contribution in [2.24, 2.45) is 0 Å². The van der Waals surface area contributed by atoms with Gasteiger partial charge in [0.2, 0.25) is 0 Å². The van der Waals surface area contributed by atoms with Gasteiger partial charge in [-0.25, -0.2) is 0 Å². The lowest BCUT2D eigenvalue weighted by atomic mass is 9.96. The third kappa shape index (κ3) is 2.21. The first-order chi connectivity index (χ1) is 8.65. The molecule has 0 saturated heterocycles. The van der Waals surface area contributed by atoms with E-state index in [0.29, 0.717) is 11.3 Å². The van der Waals surface area contributed by atoms with Gasteiger partial charge in [-0.2, -0.15) is 5.26 Å². The van der Waals surface area contributed by atoms with Crippen molar-refractivity contribution in [2.45, 2.75) is 13.8 Å². The van der Waals surface area contributed by atoms with E-state index in [9.17, 15) is 0 Å². The maximum Gasteiger partial charge on any atom is 0.120 e. The summed E-state index contributed by atoms with van der Waals surface area (Å²) in [6.07, 6.45) is 0. The van der Waals surface area contributed by atoms with Gasteiger partial charge in [-0.15, -0.1) is 0 Å². The molecule has 0 spiro atoms. The first-order valence-electron chi connectivity index (χ1n) is 5.81. The molecule has 2 heteroatoms. The van der Waals surface area contributed by atoms with Crippen LogP contribution >= 0.6 is 0 Å². The van der Waals surface area contributed by atoms with Crippen molar-refractivity contribution in [2.75, 3.05) is 7.11 Å². The van der Waals surface area contributed by atoms with Crippen LogP contribution in [-0.4, -0.2) is 7.11 Å². The van der Waals surface area contributed by atoms with Crippen LogP contribution in [0.3, 0.4) is 0 Å². The topological polar surface area (TPSA) is 33.0 Å². The molecule has 0 fully saturated rings. The molecule has 2 nitrogen and oxygen atoms in total. The molecule has 0 aromatic heterocycles. The summed E-state index contributed by atoms with van der Waals surface area (Å²) in [4.78, 5) is 0. The number of hydrogen-bond donors (Lipinski definition) is 0. The van der Waals surface area contributed by atoms with E-state index in [2.05, 4.69) is 32.0 Å². The highest BCUT2D eigenvalue weighted by molar-refractivity contribution is 5.71. The Labute approximate surface area is 107 Å². The number of aryl methyl sites for hydroxylation is 1. The molecule has 0 aliphatic carbocycles. The Hall–Kier alpha value is -2.27. The smallest absolute Gasteiger partial charge is 0.120 e. The van der Waals surface area contributed by atoms with E-state index in [4.69, 9.17) is 10.00 Å². The zero-order valence-electron chi connectivity index (χ0n) is 10.8. The van der Waals surface area contributed by atoms with Crippen molar-refractivity contribution >= 4 is 0 Å². The second-order valence-electron chi connectivity index (χ2n) is 4.31. The summed E-state index contributed by atoms with van der Waals surface area (Å²) in [7, 11) is 1.61. The SMILES string of the molecule is COc1cc(C#N)cc(-c2cccc(C)c2C)c1. The van der Waals surface area contributed by atoms with E-state index < -0.39 is 0 Å². The zero-order valence-corrected chi connectivity index (χ0v) is 10.8. The number of ether oxygens (including phenoxy) is 1. The van der Waals surface area contributed by atoms with Gasteiger partial charge in [0.15, 0.2) is 0 Å². The molecule has 0 atom stereocenters. The minimum Gasteiger partial charge on any atom is -0.497 e. The molecule has 0 saturated carbocycles. The van der Waals surface area contributed by atoms with Crippen molar-refractivity contribution in [3.8, 4) is 22.9 Å². The Morgan fingerprint density at radius 3 is 2.56 bits per heavy atom. The number of rotatable bonds is 2. The predicted molar refractivity (Wildman–Crippen MR) is 72.6 cm³/mol. The van der Waals surface area contributed by atoms with Crippen LogP contribution in [0.1, 0.15) is 16.7 Å². The molecule has 0 N–H and O–H groups in total. The Kier molecular flexibility index (Phi) is 3.34. The van der Waals surface area contributed by atoms with E-state index in [1.165, 1.54) is 11.1 Å². The normalized spacial score (nSPS) is 9.89. The molecule has 2 aromatic rings. The lowest BCUT2D eigenvalue weighted by molar-refractivity contribution is 0.415. The van der Waals surface area contributed by atoms with Crippen LogP contribution in [0.4, 0.5) is 0 Å². The van der Waals surface area contributed by atoms with Crippen LogP contribution in [0, 0.1) is 25.2 Å². The number of methoxy groups -OCH3 is 1. The van der Waals surface area contributed by atoms with Gasteiger partial charge in [-0.1, -0.05) is 18.2 Å². The van der Waals surface area contributed by atoms with E-state index >= 15 is 0 Å². The summed E-state index contributed by atoms with van der Waals surface area (Å²) in [6.45, 7) is 4.18. The second kappa shape index (κ2) is 4.93. The van der Waals surface area contributed by atoms with Gasteiger partial charge in [-0.3, -0.25) is 0 Å². The summed E-state index contributed by atoms with van der Waals surface area (Å²) in [5.74, 6) is 0.713. The number of nitrogens with zero attached hydrogens (tertiary/aromatic N) is 1. The summed E-state index contributed by atoms with van der Waals surface area (Å²) in [6, 6.07) is 14.0. The van der Waals surface area contributed by atoms with E-state index in [0.717, 1.165) is 11.1 Å². The van der Waals surface area contributed by atoms with Crippen LogP contribution in [0.25, 0.3) is 11.1 Å². The molecule has 2 rings (SSSR count). The van der Waals surface area contributed by atoms with Gasteiger partial charge in [0.25, 0.3) is 0 Å². The first-order valence-corrected chi connectivity index (χ1v) is 5.81. The van der Waals surface area contributed by atoms with Gasteiger partial charge in [0.1, 0.15) is 5.75 Å². The lowest BCUT2D eigenvalue weighted by Gasteiger charge is -2.10. The van der Waals surface area contributed by atoms with Crippen molar-refractivity contribution in [1.82, 2.24) is 0 Å². The maximum atomic E-state index is 9.05. The minimum atomic E-state index is 0.616. The highest BCUT2D eigenvalue weighted by Gasteiger charge is 2.07. The van der Waals surface area contributed by atoms with Crippen LogP contribution in [0.2, 0.25) is 0 Å². The van der Waals surface area contributed by atoms with Crippen molar-refractivity contribution in [1.29, 1.82) is 5.26 Å². The van der Waals surface area contributed by atoms with Crippen molar-refractivity contribution < 1.29 is 4.74 Å². The third-order valence-electron chi connectivity index (χ3n) is 3.19. The number of nitriles is 1. The Morgan fingerprint density at radius 1 is 1.11 bits per heavy atom. The van der Waals surface area contributed by atoms with Crippen molar-refractivity contribution in [3.63, 3.8) is 0 Å². The fourth-order valence-corrected chi connectivity index (χ4v) is 2.00. The lowest BCUT2D eigenvalue weighted by Crippen LogP contribution is -1.90. The molecule has 18 heavy (non-hydrogen) atoms. The molecule has 0 unspecified atom stereocenters. The molecule has 2 aromatic carbocycles. The first kappa shape index (κ1) is 12.2. The van der Waals surface area contributed by atoms with Gasteiger partial charge in [0.05, 0.1) is 18.7 Å². The standard InChI is InChI=1S/C16H15NO/c1-11-5-4-6-16(12(11)2)14-7-13(10-17)8-15(9-14)18-3/h4-9H,1-3H3. The minimum absolute atomic E-state index is 0.616. The maximum absolute atomic E-state index is 9.05. The quantitative estimate of drug-likeness (QED) is 0.794. The highest BCUT2D eigenvalue weighted by atomic mass is 16.5. The van der Waals surface area contributed by atoms with Crippen LogP contribution < -0.4 is 4.74 Å². The van der Waals surface area contributed by atoms with E-state index in [1.807, 2.05) is 18.2 Å². The van der Waals surface area contributed by atoms with Gasteiger partial charge < -0.3 is 4.74 Å². The molecule has 0 heterocycles. The van der Waals surface area contributed by atoms with Crippen LogP contribution in [0.15, 0.2) is 36.4 Å². The summed E-state index contributed by atoms with van der Waals surface area (Å²) >= 11 is 0. The average molecular weight is 237 g/mol. The molecule has 0 aliphatic rings. The molecular formula is C16H15NO. The Morgan fingerprint density at radius 2 is 1.89 bits per heavy atom.